The summed E-state index contributed by atoms with van der Waals surface area (Å²) in [6.45, 7) is 5.17. The summed E-state index contributed by atoms with van der Waals surface area (Å²) >= 11 is 6.35. The molecule has 36 heavy (non-hydrogen) atoms. The second kappa shape index (κ2) is 10.5. The minimum Gasteiger partial charge on any atom is -0.494 e. The molecule has 1 N–H and O–H groups in total. The molecule has 186 valence electrons. The predicted octanol–water partition coefficient (Wildman–Crippen LogP) is 6.02. The van der Waals surface area contributed by atoms with Gasteiger partial charge in [0.05, 0.1) is 12.6 Å². The van der Waals surface area contributed by atoms with Crippen molar-refractivity contribution in [2.45, 2.75) is 38.1 Å². The molecular weight excluding hydrogens is 470 g/mol. The van der Waals surface area contributed by atoms with E-state index in [0.29, 0.717) is 0 Å². The number of rotatable bonds is 7. The number of H-pyrrole nitrogens is 1. The molecule has 6 rings (SSSR count). The van der Waals surface area contributed by atoms with Crippen LogP contribution in [-0.2, 0) is 6.42 Å². The number of likely N-dealkylation sites (tertiary alicyclic amines) is 1. The topological polar surface area (TPSA) is 57.3 Å². The van der Waals surface area contributed by atoms with Gasteiger partial charge < -0.3 is 19.5 Å². The number of halogens is 1. The zero-order chi connectivity index (χ0) is 24.3. The normalized spacial score (nSPS) is 18.4. The molecule has 1 saturated heterocycles. The number of anilines is 1. The van der Waals surface area contributed by atoms with Gasteiger partial charge in [-0.15, -0.1) is 0 Å². The van der Waals surface area contributed by atoms with Crippen LogP contribution in [0.15, 0.2) is 60.9 Å². The maximum Gasteiger partial charge on any atom is 0.226 e. The van der Waals surface area contributed by atoms with Crippen LogP contribution in [0, 0.1) is 0 Å². The van der Waals surface area contributed by atoms with Gasteiger partial charge in [-0.1, -0.05) is 30.2 Å². The summed E-state index contributed by atoms with van der Waals surface area (Å²) < 4.78 is 6.09. The van der Waals surface area contributed by atoms with Crippen molar-refractivity contribution < 1.29 is 4.74 Å². The van der Waals surface area contributed by atoms with Gasteiger partial charge in [-0.3, -0.25) is 0 Å². The van der Waals surface area contributed by atoms with Crippen molar-refractivity contribution in [2.24, 2.45) is 0 Å². The van der Waals surface area contributed by atoms with Crippen molar-refractivity contribution in [1.29, 1.82) is 0 Å². The third-order valence-electron chi connectivity index (χ3n) is 7.43. The number of ether oxygens (including phenoxy) is 1. The molecule has 0 radical (unpaired) electrons. The number of fused-ring (bicyclic) bond motifs is 3. The molecule has 2 aromatic heterocycles. The third-order valence-corrected chi connectivity index (χ3v) is 7.67. The molecular formula is C29H32ClN5O. The van der Waals surface area contributed by atoms with E-state index in [9.17, 15) is 0 Å². The van der Waals surface area contributed by atoms with Crippen molar-refractivity contribution >= 4 is 28.5 Å². The Hall–Kier alpha value is -3.09. The van der Waals surface area contributed by atoms with Gasteiger partial charge in [-0.25, -0.2) is 9.97 Å². The van der Waals surface area contributed by atoms with Crippen LogP contribution in [0.25, 0.3) is 10.9 Å². The van der Waals surface area contributed by atoms with Crippen molar-refractivity contribution in [2.75, 3.05) is 37.7 Å². The van der Waals surface area contributed by atoms with Gasteiger partial charge in [0.15, 0.2) is 0 Å². The fraction of sp³-hybridized carbons (Fsp3) is 0.379. The average Bonchev–Trinajstić information content (AvgIpc) is 3.30. The van der Waals surface area contributed by atoms with E-state index in [1.165, 1.54) is 54.6 Å². The van der Waals surface area contributed by atoms with Crippen molar-refractivity contribution in [3.05, 3.63) is 82.8 Å². The Morgan fingerprint density at radius 1 is 0.972 bits per heavy atom. The number of nitrogens with zero attached hydrogens (tertiary/aromatic N) is 4. The number of hydrogen-bond acceptors (Lipinski definition) is 5. The van der Waals surface area contributed by atoms with Gasteiger partial charge in [0.1, 0.15) is 5.75 Å². The number of aromatic nitrogens is 3. The maximum atomic E-state index is 6.35. The second-order valence-corrected chi connectivity index (χ2v) is 10.2. The smallest absolute Gasteiger partial charge is 0.226 e. The van der Waals surface area contributed by atoms with Gasteiger partial charge in [0, 0.05) is 47.1 Å². The monoisotopic (exact) mass is 501 g/mol. The van der Waals surface area contributed by atoms with Gasteiger partial charge >= 0.3 is 0 Å². The quantitative estimate of drug-likeness (QED) is 0.314. The number of benzene rings is 2. The van der Waals surface area contributed by atoms with Crippen LogP contribution >= 0.6 is 11.6 Å². The molecule has 0 bridgehead atoms. The highest BCUT2D eigenvalue weighted by molar-refractivity contribution is 6.31. The number of aromatic amines is 1. The molecule has 4 heterocycles. The van der Waals surface area contributed by atoms with E-state index in [1.54, 1.807) is 12.4 Å². The Labute approximate surface area is 217 Å². The molecule has 0 saturated carbocycles. The molecule has 1 atom stereocenters. The van der Waals surface area contributed by atoms with E-state index >= 15 is 0 Å². The molecule has 2 aliphatic heterocycles. The number of piperidine rings is 1. The fourth-order valence-corrected chi connectivity index (χ4v) is 5.84. The van der Waals surface area contributed by atoms with Crippen LogP contribution in [0.2, 0.25) is 5.02 Å². The molecule has 2 aromatic carbocycles. The van der Waals surface area contributed by atoms with Gasteiger partial charge in [0.2, 0.25) is 5.95 Å². The molecule has 0 aliphatic carbocycles. The minimum absolute atomic E-state index is 0.0181. The summed E-state index contributed by atoms with van der Waals surface area (Å²) in [5.41, 5.74) is 4.80. The number of nitrogens with one attached hydrogen (secondary N) is 1. The van der Waals surface area contributed by atoms with Crippen LogP contribution in [0.3, 0.4) is 0 Å². The SMILES string of the molecule is Clc1ccc2[nH]c3c(c2c1)CCN(c1ncccn1)C3c1ccc(OCCCN2CCCCC2)cc1. The van der Waals surface area contributed by atoms with E-state index in [1.807, 2.05) is 12.1 Å². The first-order chi connectivity index (χ1) is 17.8. The van der Waals surface area contributed by atoms with E-state index < -0.39 is 0 Å². The Bertz CT molecular complexity index is 1300. The number of hydrogen-bond donors (Lipinski definition) is 1. The molecule has 7 heteroatoms. The molecule has 4 aromatic rings. The third kappa shape index (κ3) is 4.80. The highest BCUT2D eigenvalue weighted by atomic mass is 35.5. The predicted molar refractivity (Wildman–Crippen MR) is 145 cm³/mol. The Kier molecular flexibility index (Phi) is 6.79. The lowest BCUT2D eigenvalue weighted by Crippen LogP contribution is -2.37. The van der Waals surface area contributed by atoms with E-state index in [-0.39, 0.29) is 6.04 Å². The molecule has 0 amide bonds. The molecule has 1 fully saturated rings. The lowest BCUT2D eigenvalue weighted by atomic mass is 9.92. The minimum atomic E-state index is -0.0181. The summed E-state index contributed by atoms with van der Waals surface area (Å²) in [6.07, 6.45) is 9.62. The Balaban J connectivity index is 1.24. The summed E-state index contributed by atoms with van der Waals surface area (Å²) in [5, 5.41) is 1.96. The Morgan fingerprint density at radius 2 is 1.78 bits per heavy atom. The van der Waals surface area contributed by atoms with E-state index in [2.05, 4.69) is 61.1 Å². The van der Waals surface area contributed by atoms with Crippen molar-refractivity contribution in [3.8, 4) is 5.75 Å². The summed E-state index contributed by atoms with van der Waals surface area (Å²) in [6, 6.07) is 16.4. The fourth-order valence-electron chi connectivity index (χ4n) is 5.67. The Morgan fingerprint density at radius 3 is 2.58 bits per heavy atom. The van der Waals surface area contributed by atoms with Crippen molar-refractivity contribution in [1.82, 2.24) is 19.9 Å². The second-order valence-electron chi connectivity index (χ2n) is 9.78. The maximum absolute atomic E-state index is 6.35. The van der Waals surface area contributed by atoms with Gasteiger partial charge in [-0.2, -0.15) is 0 Å². The van der Waals surface area contributed by atoms with Crippen LogP contribution in [0.1, 0.15) is 48.5 Å². The van der Waals surface area contributed by atoms with Crippen LogP contribution < -0.4 is 9.64 Å². The van der Waals surface area contributed by atoms with E-state index in [4.69, 9.17) is 16.3 Å². The van der Waals surface area contributed by atoms with Crippen LogP contribution in [0.4, 0.5) is 5.95 Å². The summed E-state index contributed by atoms with van der Waals surface area (Å²) in [7, 11) is 0. The molecule has 2 aliphatic rings. The van der Waals surface area contributed by atoms with Crippen LogP contribution in [0.5, 0.6) is 5.75 Å². The molecule has 0 spiro atoms. The lowest BCUT2D eigenvalue weighted by molar-refractivity contribution is 0.205. The van der Waals surface area contributed by atoms with Crippen LogP contribution in [-0.4, -0.2) is 52.6 Å². The first-order valence-corrected chi connectivity index (χ1v) is 13.4. The first-order valence-electron chi connectivity index (χ1n) is 13.0. The van der Waals surface area contributed by atoms with Gasteiger partial charge in [0.25, 0.3) is 0 Å². The van der Waals surface area contributed by atoms with E-state index in [0.717, 1.165) is 54.8 Å². The average molecular weight is 502 g/mol. The zero-order valence-corrected chi connectivity index (χ0v) is 21.3. The highest BCUT2D eigenvalue weighted by Gasteiger charge is 2.33. The molecule has 1 unspecified atom stereocenters. The summed E-state index contributed by atoms with van der Waals surface area (Å²) in [5.74, 6) is 1.65. The molecule has 6 nitrogen and oxygen atoms in total. The lowest BCUT2D eigenvalue weighted by Gasteiger charge is -2.36. The zero-order valence-electron chi connectivity index (χ0n) is 20.5. The largest absolute Gasteiger partial charge is 0.494 e. The summed E-state index contributed by atoms with van der Waals surface area (Å²) in [4.78, 5) is 17.7. The standard InChI is InChI=1S/C29H32ClN5O/c30-22-8-11-26-25(20-22)24-12-18-35(29-31-13-4-14-32-29)28(27(24)33-26)21-6-9-23(10-7-21)36-19-5-17-34-15-2-1-3-16-34/h4,6-11,13-14,20,28,33H,1-3,5,12,15-19H2. The highest BCUT2D eigenvalue weighted by Crippen LogP contribution is 2.40. The van der Waals surface area contributed by atoms with Gasteiger partial charge in [-0.05, 0) is 86.3 Å². The van der Waals surface area contributed by atoms with Crippen molar-refractivity contribution in [3.63, 3.8) is 0 Å². The first kappa shape index (κ1) is 23.3.